The Bertz CT molecular complexity index is 122. The van der Waals surface area contributed by atoms with Crippen LogP contribution in [-0.2, 0) is 0 Å². The zero-order valence-electron chi connectivity index (χ0n) is 8.24. The second-order valence-electron chi connectivity index (χ2n) is 4.67. The van der Waals surface area contributed by atoms with Gasteiger partial charge in [-0.1, -0.05) is 50.3 Å². The van der Waals surface area contributed by atoms with Gasteiger partial charge in [0.05, 0.1) is 0 Å². The molecular weight excluding hydrogens is 249 g/mol. The molecule has 68 valence electrons. The van der Waals surface area contributed by atoms with Gasteiger partial charge in [0, 0.05) is 9.46 Å². The summed E-state index contributed by atoms with van der Waals surface area (Å²) in [6.07, 6.45) is 1.16. The first-order valence-corrected chi connectivity index (χ1v) is 5.17. The zero-order valence-corrected chi connectivity index (χ0v) is 10.4. The lowest BCUT2D eigenvalue weighted by molar-refractivity contribution is 0.259. The molecule has 0 aliphatic rings. The van der Waals surface area contributed by atoms with Crippen molar-refractivity contribution in [3.8, 4) is 0 Å². The molecule has 0 bridgehead atoms. The zero-order chi connectivity index (χ0) is 9.28. The maximum Gasteiger partial charge on any atom is 0.0171 e. The van der Waals surface area contributed by atoms with E-state index in [0.717, 1.165) is 6.42 Å². The number of halogens is 1. The van der Waals surface area contributed by atoms with E-state index in [1.54, 1.807) is 0 Å². The summed E-state index contributed by atoms with van der Waals surface area (Å²) >= 11 is 2.48. The standard InChI is InChI=1S/C9H20IN/c1-7(11)8(2,3)6-9(4,5)10/h7H,6,11H2,1-5H3/t7-/m0/s1. The van der Waals surface area contributed by atoms with Crippen molar-refractivity contribution < 1.29 is 0 Å². The monoisotopic (exact) mass is 269 g/mol. The van der Waals surface area contributed by atoms with Gasteiger partial charge in [0.1, 0.15) is 0 Å². The normalized spacial score (nSPS) is 16.6. The van der Waals surface area contributed by atoms with Crippen molar-refractivity contribution in [2.45, 2.75) is 50.5 Å². The molecule has 0 aromatic carbocycles. The van der Waals surface area contributed by atoms with Crippen LogP contribution >= 0.6 is 22.6 Å². The molecule has 2 heteroatoms. The van der Waals surface area contributed by atoms with Crippen LogP contribution in [0.25, 0.3) is 0 Å². The Morgan fingerprint density at radius 1 is 1.27 bits per heavy atom. The Morgan fingerprint density at radius 2 is 1.64 bits per heavy atom. The van der Waals surface area contributed by atoms with E-state index in [1.807, 2.05) is 0 Å². The van der Waals surface area contributed by atoms with Gasteiger partial charge in [-0.25, -0.2) is 0 Å². The van der Waals surface area contributed by atoms with E-state index >= 15 is 0 Å². The molecule has 0 aromatic rings. The van der Waals surface area contributed by atoms with Crippen LogP contribution in [-0.4, -0.2) is 9.46 Å². The molecule has 0 saturated carbocycles. The molecule has 0 rings (SSSR count). The number of hydrogen-bond donors (Lipinski definition) is 1. The summed E-state index contributed by atoms with van der Waals surface area (Å²) in [4.78, 5) is 0. The maximum absolute atomic E-state index is 5.87. The largest absolute Gasteiger partial charge is 0.327 e. The average molecular weight is 269 g/mol. The summed E-state index contributed by atoms with van der Waals surface area (Å²) in [7, 11) is 0. The van der Waals surface area contributed by atoms with Crippen LogP contribution in [0.15, 0.2) is 0 Å². The first-order chi connectivity index (χ1) is 4.65. The molecule has 0 unspecified atom stereocenters. The number of hydrogen-bond acceptors (Lipinski definition) is 1. The summed E-state index contributed by atoms with van der Waals surface area (Å²) in [5, 5.41) is 0. The second kappa shape index (κ2) is 3.60. The van der Waals surface area contributed by atoms with E-state index in [9.17, 15) is 0 Å². The van der Waals surface area contributed by atoms with Gasteiger partial charge in [-0.15, -0.1) is 0 Å². The van der Waals surface area contributed by atoms with Gasteiger partial charge in [-0.3, -0.25) is 0 Å². The topological polar surface area (TPSA) is 26.0 Å². The predicted molar refractivity (Wildman–Crippen MR) is 60.1 cm³/mol. The third kappa shape index (κ3) is 5.01. The van der Waals surface area contributed by atoms with Crippen LogP contribution in [0.5, 0.6) is 0 Å². The van der Waals surface area contributed by atoms with Gasteiger partial charge in [-0.05, 0) is 18.8 Å². The molecule has 0 amide bonds. The minimum Gasteiger partial charge on any atom is -0.327 e. The maximum atomic E-state index is 5.87. The van der Waals surface area contributed by atoms with E-state index in [2.05, 4.69) is 57.2 Å². The molecule has 0 radical (unpaired) electrons. The lowest BCUT2D eigenvalue weighted by Crippen LogP contribution is -2.38. The molecule has 0 aliphatic heterocycles. The highest BCUT2D eigenvalue weighted by Crippen LogP contribution is 2.35. The van der Waals surface area contributed by atoms with Gasteiger partial charge in [0.15, 0.2) is 0 Å². The summed E-state index contributed by atoms with van der Waals surface area (Å²) in [5.41, 5.74) is 6.13. The Balaban J connectivity index is 4.13. The minimum atomic E-state index is 0.255. The Labute approximate surface area is 84.3 Å². The fourth-order valence-electron chi connectivity index (χ4n) is 1.24. The number of nitrogens with two attached hydrogens (primary N) is 1. The van der Waals surface area contributed by atoms with Crippen molar-refractivity contribution in [2.75, 3.05) is 0 Å². The van der Waals surface area contributed by atoms with Gasteiger partial charge in [-0.2, -0.15) is 0 Å². The first-order valence-electron chi connectivity index (χ1n) is 4.10. The van der Waals surface area contributed by atoms with E-state index in [1.165, 1.54) is 0 Å². The molecule has 11 heavy (non-hydrogen) atoms. The highest BCUT2D eigenvalue weighted by Gasteiger charge is 2.29. The molecule has 2 N–H and O–H groups in total. The van der Waals surface area contributed by atoms with E-state index in [4.69, 9.17) is 5.73 Å². The smallest absolute Gasteiger partial charge is 0.0171 e. The van der Waals surface area contributed by atoms with Crippen LogP contribution < -0.4 is 5.73 Å². The summed E-state index contributed by atoms with van der Waals surface area (Å²) in [5.74, 6) is 0. The molecule has 0 aromatic heterocycles. The lowest BCUT2D eigenvalue weighted by atomic mass is 9.79. The molecule has 1 atom stereocenters. The molecule has 0 fully saturated rings. The second-order valence-corrected chi connectivity index (χ2v) is 7.59. The number of alkyl halides is 1. The van der Waals surface area contributed by atoms with Gasteiger partial charge >= 0.3 is 0 Å². The Kier molecular flexibility index (Phi) is 3.83. The van der Waals surface area contributed by atoms with Crippen LogP contribution in [0.2, 0.25) is 0 Å². The van der Waals surface area contributed by atoms with E-state index < -0.39 is 0 Å². The van der Waals surface area contributed by atoms with Crippen molar-refractivity contribution in [3.63, 3.8) is 0 Å². The lowest BCUT2D eigenvalue weighted by Gasteiger charge is -2.34. The van der Waals surface area contributed by atoms with Crippen molar-refractivity contribution in [3.05, 3.63) is 0 Å². The van der Waals surface area contributed by atoms with E-state index in [0.29, 0.717) is 3.42 Å². The Hall–Kier alpha value is 0.690. The molecular formula is C9H20IN. The van der Waals surface area contributed by atoms with Gasteiger partial charge in [0.2, 0.25) is 0 Å². The molecule has 0 saturated heterocycles. The molecule has 0 aliphatic carbocycles. The fraction of sp³-hybridized carbons (Fsp3) is 1.00. The summed E-state index contributed by atoms with van der Waals surface area (Å²) in [6.45, 7) is 11.0. The summed E-state index contributed by atoms with van der Waals surface area (Å²) < 4.78 is 0.356. The predicted octanol–water partition coefficient (Wildman–Crippen LogP) is 2.96. The van der Waals surface area contributed by atoms with Crippen molar-refractivity contribution in [2.24, 2.45) is 11.1 Å². The highest BCUT2D eigenvalue weighted by molar-refractivity contribution is 14.1. The van der Waals surface area contributed by atoms with Gasteiger partial charge < -0.3 is 5.73 Å². The van der Waals surface area contributed by atoms with Crippen molar-refractivity contribution in [1.29, 1.82) is 0 Å². The average Bonchev–Trinajstić information content (AvgIpc) is 1.56. The third-order valence-corrected chi connectivity index (χ3v) is 2.49. The van der Waals surface area contributed by atoms with Crippen LogP contribution in [0.1, 0.15) is 41.0 Å². The number of rotatable bonds is 3. The third-order valence-electron chi connectivity index (χ3n) is 2.11. The first kappa shape index (κ1) is 11.7. The highest BCUT2D eigenvalue weighted by atomic mass is 127. The van der Waals surface area contributed by atoms with Gasteiger partial charge in [0.25, 0.3) is 0 Å². The molecule has 0 spiro atoms. The molecule has 0 heterocycles. The fourth-order valence-corrected chi connectivity index (χ4v) is 2.23. The minimum absolute atomic E-state index is 0.255. The SMILES string of the molecule is C[C@H](N)C(C)(C)CC(C)(C)I. The Morgan fingerprint density at radius 3 is 1.73 bits per heavy atom. The van der Waals surface area contributed by atoms with Crippen molar-refractivity contribution in [1.82, 2.24) is 0 Å². The van der Waals surface area contributed by atoms with Crippen LogP contribution in [0.3, 0.4) is 0 Å². The van der Waals surface area contributed by atoms with Crippen molar-refractivity contribution >= 4 is 22.6 Å². The molecule has 1 nitrogen and oxygen atoms in total. The van der Waals surface area contributed by atoms with Crippen LogP contribution in [0, 0.1) is 5.41 Å². The van der Waals surface area contributed by atoms with Crippen LogP contribution in [0.4, 0.5) is 0 Å². The quantitative estimate of drug-likeness (QED) is 0.618. The summed E-state index contributed by atoms with van der Waals surface area (Å²) in [6, 6.07) is 0.275. The van der Waals surface area contributed by atoms with E-state index in [-0.39, 0.29) is 11.5 Å².